The van der Waals surface area contributed by atoms with E-state index in [1.165, 1.54) is 0 Å². The lowest BCUT2D eigenvalue weighted by Gasteiger charge is -2.54. The number of likely N-dealkylation sites (tertiary alicyclic amines) is 1. The van der Waals surface area contributed by atoms with Crippen LogP contribution in [0.5, 0.6) is 0 Å². The monoisotopic (exact) mass is 343 g/mol. The number of piperidine rings is 1. The van der Waals surface area contributed by atoms with Crippen molar-refractivity contribution in [2.24, 2.45) is 5.73 Å². The largest absolute Gasteiger partial charge is 0.328 e. The number of nitrogens with one attached hydrogen (secondary N) is 1. The number of nitrogens with two attached hydrogens (primary N) is 1. The predicted molar refractivity (Wildman–Crippen MR) is 92.7 cm³/mol. The quantitative estimate of drug-likeness (QED) is 0.788. The van der Waals surface area contributed by atoms with Gasteiger partial charge >= 0.3 is 6.03 Å². The van der Waals surface area contributed by atoms with Gasteiger partial charge in [-0.15, -0.1) is 0 Å². The van der Waals surface area contributed by atoms with Gasteiger partial charge < -0.3 is 16.0 Å². The molecule has 1 heterocycles. The maximum atomic E-state index is 12.8. The van der Waals surface area contributed by atoms with E-state index < -0.39 is 0 Å². The molecule has 1 aliphatic heterocycles. The van der Waals surface area contributed by atoms with E-state index in [1.54, 1.807) is 18.2 Å². The van der Waals surface area contributed by atoms with E-state index in [0.717, 1.165) is 12.8 Å². The molecule has 0 aliphatic carbocycles. The number of carbonyl (C=O) groups is 1. The lowest BCUT2D eigenvalue weighted by Crippen LogP contribution is -2.66. The molecule has 1 aliphatic rings. The van der Waals surface area contributed by atoms with Crippen LogP contribution < -0.4 is 11.1 Å². The minimum atomic E-state index is -0.337. The van der Waals surface area contributed by atoms with Crippen LogP contribution in [0.2, 0.25) is 10.0 Å². The Morgan fingerprint density at radius 3 is 2.32 bits per heavy atom. The molecule has 1 aromatic rings. The van der Waals surface area contributed by atoms with Gasteiger partial charge in [-0.05, 0) is 58.7 Å². The first kappa shape index (κ1) is 17.4. The summed E-state index contributed by atoms with van der Waals surface area (Å²) in [5, 5.41) is 3.86. The summed E-state index contributed by atoms with van der Waals surface area (Å²) >= 11 is 12.1. The Morgan fingerprint density at radius 2 is 1.77 bits per heavy atom. The van der Waals surface area contributed by atoms with Crippen molar-refractivity contribution in [2.75, 3.05) is 5.32 Å². The van der Waals surface area contributed by atoms with Crippen LogP contribution in [0.3, 0.4) is 0 Å². The third-order valence-electron chi connectivity index (χ3n) is 4.11. The number of benzene rings is 1. The molecule has 3 N–H and O–H groups in total. The standard InChI is InChI=1S/C16H23Cl2N3O/c1-15(2)8-11(19)9-16(3,4)21(15)14(22)20-13-7-10(17)5-6-12(13)18/h5-7,11H,8-9,19H2,1-4H3,(H,20,22). The van der Waals surface area contributed by atoms with Crippen LogP contribution in [0.25, 0.3) is 0 Å². The number of hydrogen-bond acceptors (Lipinski definition) is 2. The first-order valence-corrected chi connectivity index (χ1v) is 8.10. The number of halogens is 2. The Bertz CT molecular complexity index is 569. The summed E-state index contributed by atoms with van der Waals surface area (Å²) in [5.41, 5.74) is 5.99. The minimum absolute atomic E-state index is 0.0869. The van der Waals surface area contributed by atoms with Gasteiger partial charge in [0.15, 0.2) is 0 Å². The number of rotatable bonds is 1. The number of carbonyl (C=O) groups excluding carboxylic acids is 1. The van der Waals surface area contributed by atoms with Gasteiger partial charge in [0.2, 0.25) is 0 Å². The van der Waals surface area contributed by atoms with Gasteiger partial charge in [-0.2, -0.15) is 0 Å². The third-order valence-corrected chi connectivity index (χ3v) is 4.67. The van der Waals surface area contributed by atoms with Crippen LogP contribution >= 0.6 is 23.2 Å². The fraction of sp³-hybridized carbons (Fsp3) is 0.562. The summed E-state index contributed by atoms with van der Waals surface area (Å²) < 4.78 is 0. The van der Waals surface area contributed by atoms with Gasteiger partial charge in [0.1, 0.15) is 0 Å². The van der Waals surface area contributed by atoms with Gasteiger partial charge in [-0.1, -0.05) is 23.2 Å². The molecule has 0 radical (unpaired) electrons. The van der Waals surface area contributed by atoms with Crippen molar-refractivity contribution in [2.45, 2.75) is 57.7 Å². The maximum absolute atomic E-state index is 12.8. The second-order valence-electron chi connectivity index (χ2n) is 7.18. The van der Waals surface area contributed by atoms with Crippen LogP contribution in [0.4, 0.5) is 10.5 Å². The normalized spacial score (nSPS) is 20.8. The second-order valence-corrected chi connectivity index (χ2v) is 8.03. The lowest BCUT2D eigenvalue weighted by atomic mass is 9.77. The molecule has 0 bridgehead atoms. The highest BCUT2D eigenvalue weighted by Gasteiger charge is 2.47. The minimum Gasteiger partial charge on any atom is -0.328 e. The maximum Gasteiger partial charge on any atom is 0.322 e. The van der Waals surface area contributed by atoms with Crippen molar-refractivity contribution in [3.8, 4) is 0 Å². The Labute approximate surface area is 141 Å². The molecule has 0 unspecified atom stereocenters. The van der Waals surface area contributed by atoms with Crippen molar-refractivity contribution < 1.29 is 4.79 Å². The fourth-order valence-electron chi connectivity index (χ4n) is 3.67. The van der Waals surface area contributed by atoms with Crippen LogP contribution in [0.15, 0.2) is 18.2 Å². The summed E-state index contributed by atoms with van der Waals surface area (Å²) in [6, 6.07) is 4.90. The molecule has 0 spiro atoms. The number of anilines is 1. The van der Waals surface area contributed by atoms with Crippen molar-refractivity contribution in [1.82, 2.24) is 4.90 Å². The Balaban J connectivity index is 2.29. The third kappa shape index (κ3) is 3.50. The number of nitrogens with zero attached hydrogens (tertiary/aromatic N) is 1. The molecule has 6 heteroatoms. The fourth-order valence-corrected chi connectivity index (χ4v) is 4.01. The van der Waals surface area contributed by atoms with E-state index in [9.17, 15) is 4.79 Å². The van der Waals surface area contributed by atoms with E-state index in [1.807, 2.05) is 32.6 Å². The molecule has 0 saturated carbocycles. The Hall–Kier alpha value is -0.970. The molecule has 0 aromatic heterocycles. The van der Waals surface area contributed by atoms with E-state index in [0.29, 0.717) is 15.7 Å². The second kappa shape index (κ2) is 5.91. The van der Waals surface area contributed by atoms with Gasteiger partial charge in [-0.3, -0.25) is 0 Å². The highest BCUT2D eigenvalue weighted by Crippen LogP contribution is 2.38. The van der Waals surface area contributed by atoms with Gasteiger partial charge in [0, 0.05) is 22.1 Å². The number of amides is 2. The zero-order valence-corrected chi connectivity index (χ0v) is 14.9. The van der Waals surface area contributed by atoms with Crippen LogP contribution in [-0.4, -0.2) is 28.1 Å². The molecular formula is C16H23Cl2N3O. The van der Waals surface area contributed by atoms with E-state index in [-0.39, 0.29) is 23.2 Å². The highest BCUT2D eigenvalue weighted by atomic mass is 35.5. The van der Waals surface area contributed by atoms with Gasteiger partial charge in [0.05, 0.1) is 10.7 Å². The molecule has 1 fully saturated rings. The number of hydrogen-bond donors (Lipinski definition) is 2. The van der Waals surface area contributed by atoms with E-state index in [4.69, 9.17) is 28.9 Å². The summed E-state index contributed by atoms with van der Waals surface area (Å²) in [4.78, 5) is 14.7. The average Bonchev–Trinajstić information content (AvgIpc) is 2.29. The van der Waals surface area contributed by atoms with Gasteiger partial charge in [0.25, 0.3) is 0 Å². The first-order valence-electron chi connectivity index (χ1n) is 7.35. The number of urea groups is 1. The van der Waals surface area contributed by atoms with Crippen molar-refractivity contribution in [3.05, 3.63) is 28.2 Å². The van der Waals surface area contributed by atoms with E-state index >= 15 is 0 Å². The summed E-state index contributed by atoms with van der Waals surface area (Å²) in [6.07, 6.45) is 1.51. The molecule has 1 saturated heterocycles. The lowest BCUT2D eigenvalue weighted by molar-refractivity contribution is 0.00877. The van der Waals surface area contributed by atoms with Crippen molar-refractivity contribution in [3.63, 3.8) is 0 Å². The molecule has 22 heavy (non-hydrogen) atoms. The molecule has 2 amide bonds. The molecular weight excluding hydrogens is 321 g/mol. The molecule has 2 rings (SSSR count). The van der Waals surface area contributed by atoms with Crippen molar-refractivity contribution in [1.29, 1.82) is 0 Å². The van der Waals surface area contributed by atoms with Crippen LogP contribution in [-0.2, 0) is 0 Å². The topological polar surface area (TPSA) is 58.4 Å². The molecule has 4 nitrogen and oxygen atoms in total. The van der Waals surface area contributed by atoms with Crippen LogP contribution in [0, 0.1) is 0 Å². The zero-order valence-electron chi connectivity index (χ0n) is 13.4. The van der Waals surface area contributed by atoms with Crippen LogP contribution in [0.1, 0.15) is 40.5 Å². The molecule has 122 valence electrons. The predicted octanol–water partition coefficient (Wildman–Crippen LogP) is 4.51. The molecule has 1 aromatic carbocycles. The summed E-state index contributed by atoms with van der Waals surface area (Å²) in [7, 11) is 0. The van der Waals surface area contributed by atoms with E-state index in [2.05, 4.69) is 5.32 Å². The first-order chi connectivity index (χ1) is 10.0. The SMILES string of the molecule is CC1(C)CC(N)CC(C)(C)N1C(=O)Nc1cc(Cl)ccc1Cl. The average molecular weight is 344 g/mol. The zero-order chi connectivity index (χ0) is 16.7. The smallest absolute Gasteiger partial charge is 0.322 e. The molecule has 0 atom stereocenters. The Kier molecular flexibility index (Phi) is 4.67. The summed E-state index contributed by atoms with van der Waals surface area (Å²) in [5.74, 6) is 0. The summed E-state index contributed by atoms with van der Waals surface area (Å²) in [6.45, 7) is 8.14. The Morgan fingerprint density at radius 1 is 1.23 bits per heavy atom. The van der Waals surface area contributed by atoms with Gasteiger partial charge in [-0.25, -0.2) is 4.79 Å². The van der Waals surface area contributed by atoms with Crippen molar-refractivity contribution >= 4 is 34.9 Å². The highest BCUT2D eigenvalue weighted by molar-refractivity contribution is 6.35.